The molecule has 0 aromatic carbocycles. The Bertz CT molecular complexity index is 229. The number of rotatable bonds is 4. The third kappa shape index (κ3) is 4.94. The Morgan fingerprint density at radius 3 is 2.75 bits per heavy atom. The Morgan fingerprint density at radius 1 is 1.56 bits per heavy atom. The maximum absolute atomic E-state index is 11.6. The first kappa shape index (κ1) is 13.5. The lowest BCUT2D eigenvalue weighted by Crippen LogP contribution is -2.41. The second-order valence-corrected chi connectivity index (χ2v) is 5.39. The maximum Gasteiger partial charge on any atom is 0.323 e. The van der Waals surface area contributed by atoms with Gasteiger partial charge >= 0.3 is 5.97 Å². The predicted molar refractivity (Wildman–Crippen MR) is 62.2 cm³/mol. The summed E-state index contributed by atoms with van der Waals surface area (Å²) in [6, 6.07) is -0.250. The normalized spacial score (nSPS) is 23.1. The molecule has 0 aliphatic carbocycles. The zero-order valence-corrected chi connectivity index (χ0v) is 10.7. The highest BCUT2D eigenvalue weighted by Gasteiger charge is 2.23. The molecule has 1 heterocycles. The van der Waals surface area contributed by atoms with Crippen molar-refractivity contribution in [2.75, 3.05) is 19.8 Å². The molecule has 1 fully saturated rings. The van der Waals surface area contributed by atoms with Gasteiger partial charge in [0, 0.05) is 13.2 Å². The number of hydrogen-bond donors (Lipinski definition) is 1. The van der Waals surface area contributed by atoms with Gasteiger partial charge in [0.1, 0.15) is 11.6 Å². The van der Waals surface area contributed by atoms with Crippen LogP contribution in [0.25, 0.3) is 0 Å². The van der Waals surface area contributed by atoms with Gasteiger partial charge in [-0.25, -0.2) is 0 Å². The van der Waals surface area contributed by atoms with E-state index < -0.39 is 5.60 Å². The summed E-state index contributed by atoms with van der Waals surface area (Å²) in [6.45, 7) is 9.93. The van der Waals surface area contributed by atoms with E-state index in [9.17, 15) is 4.79 Å². The predicted octanol–water partition coefficient (Wildman–Crippen LogP) is 1.34. The summed E-state index contributed by atoms with van der Waals surface area (Å²) >= 11 is 0. The van der Waals surface area contributed by atoms with Gasteiger partial charge in [-0.2, -0.15) is 0 Å². The molecule has 0 aromatic rings. The van der Waals surface area contributed by atoms with Gasteiger partial charge < -0.3 is 14.8 Å². The lowest BCUT2D eigenvalue weighted by atomic mass is 10.1. The number of carbonyl (C=O) groups is 1. The minimum atomic E-state index is -0.413. The van der Waals surface area contributed by atoms with E-state index in [-0.39, 0.29) is 12.0 Å². The van der Waals surface area contributed by atoms with E-state index in [4.69, 9.17) is 9.47 Å². The molecule has 0 bridgehead atoms. The van der Waals surface area contributed by atoms with Crippen LogP contribution in [0.5, 0.6) is 0 Å². The topological polar surface area (TPSA) is 47.6 Å². The monoisotopic (exact) mass is 229 g/mol. The van der Waals surface area contributed by atoms with Gasteiger partial charge in [-0.05, 0) is 40.0 Å². The van der Waals surface area contributed by atoms with Gasteiger partial charge in [-0.15, -0.1) is 0 Å². The molecular formula is C12H23NO3. The van der Waals surface area contributed by atoms with Crippen molar-refractivity contribution < 1.29 is 14.3 Å². The number of hydrogen-bond acceptors (Lipinski definition) is 4. The SMILES string of the molecule is CC(NCC1CCOC1)C(=O)OC(C)(C)C. The molecule has 1 rings (SSSR count). The van der Waals surface area contributed by atoms with E-state index in [1.165, 1.54) is 0 Å². The van der Waals surface area contributed by atoms with Crippen molar-refractivity contribution in [3.05, 3.63) is 0 Å². The maximum atomic E-state index is 11.6. The van der Waals surface area contributed by atoms with Gasteiger partial charge in [-0.1, -0.05) is 0 Å². The molecule has 16 heavy (non-hydrogen) atoms. The molecule has 0 saturated carbocycles. The molecule has 4 heteroatoms. The molecule has 0 radical (unpaired) electrons. The van der Waals surface area contributed by atoms with E-state index in [0.717, 1.165) is 26.2 Å². The van der Waals surface area contributed by atoms with Crippen LogP contribution in [-0.2, 0) is 14.3 Å². The van der Waals surface area contributed by atoms with Crippen LogP contribution in [0.1, 0.15) is 34.1 Å². The lowest BCUT2D eigenvalue weighted by molar-refractivity contribution is -0.157. The molecule has 94 valence electrons. The van der Waals surface area contributed by atoms with E-state index in [1.807, 2.05) is 27.7 Å². The fraction of sp³-hybridized carbons (Fsp3) is 0.917. The standard InChI is InChI=1S/C12H23NO3/c1-9(11(14)16-12(2,3)4)13-7-10-5-6-15-8-10/h9-10,13H,5-8H2,1-4H3. The Morgan fingerprint density at radius 2 is 2.25 bits per heavy atom. The van der Waals surface area contributed by atoms with E-state index in [2.05, 4.69) is 5.32 Å². The molecule has 1 saturated heterocycles. The van der Waals surface area contributed by atoms with E-state index in [1.54, 1.807) is 0 Å². The van der Waals surface area contributed by atoms with Crippen molar-refractivity contribution in [2.45, 2.75) is 45.8 Å². The number of esters is 1. The molecule has 4 nitrogen and oxygen atoms in total. The van der Waals surface area contributed by atoms with Gasteiger partial charge in [0.15, 0.2) is 0 Å². The molecular weight excluding hydrogens is 206 g/mol. The Balaban J connectivity index is 2.23. The third-order valence-electron chi connectivity index (χ3n) is 2.50. The summed E-state index contributed by atoms with van der Waals surface area (Å²) in [5.74, 6) is 0.344. The van der Waals surface area contributed by atoms with Crippen molar-refractivity contribution in [3.8, 4) is 0 Å². The number of nitrogens with one attached hydrogen (secondary N) is 1. The molecule has 2 unspecified atom stereocenters. The van der Waals surface area contributed by atoms with Crippen LogP contribution in [-0.4, -0.2) is 37.4 Å². The van der Waals surface area contributed by atoms with Crippen LogP contribution < -0.4 is 5.32 Å². The van der Waals surface area contributed by atoms with Crippen molar-refractivity contribution in [2.24, 2.45) is 5.92 Å². The molecule has 0 spiro atoms. The summed E-state index contributed by atoms with van der Waals surface area (Å²) in [5.41, 5.74) is -0.413. The smallest absolute Gasteiger partial charge is 0.323 e. The van der Waals surface area contributed by atoms with Gasteiger partial charge in [0.05, 0.1) is 6.61 Å². The molecule has 1 aliphatic rings. The second-order valence-electron chi connectivity index (χ2n) is 5.39. The van der Waals surface area contributed by atoms with Crippen molar-refractivity contribution in [1.29, 1.82) is 0 Å². The largest absolute Gasteiger partial charge is 0.459 e. The average Bonchev–Trinajstić information content (AvgIpc) is 2.63. The van der Waals surface area contributed by atoms with Crippen LogP contribution in [0, 0.1) is 5.92 Å². The van der Waals surface area contributed by atoms with Gasteiger partial charge in [0.25, 0.3) is 0 Å². The molecule has 1 N–H and O–H groups in total. The molecule has 0 amide bonds. The summed E-state index contributed by atoms with van der Waals surface area (Å²) < 4.78 is 10.6. The highest BCUT2D eigenvalue weighted by Crippen LogP contribution is 2.12. The van der Waals surface area contributed by atoms with Crippen molar-refractivity contribution in [3.63, 3.8) is 0 Å². The van der Waals surface area contributed by atoms with Crippen molar-refractivity contribution >= 4 is 5.97 Å². The number of ether oxygens (including phenoxy) is 2. The highest BCUT2D eigenvalue weighted by molar-refractivity contribution is 5.75. The summed E-state index contributed by atoms with van der Waals surface area (Å²) in [7, 11) is 0. The van der Waals surface area contributed by atoms with Crippen LogP contribution in [0.3, 0.4) is 0 Å². The van der Waals surface area contributed by atoms with Gasteiger partial charge in [0.2, 0.25) is 0 Å². The summed E-state index contributed by atoms with van der Waals surface area (Å²) in [6.07, 6.45) is 1.08. The summed E-state index contributed by atoms with van der Waals surface area (Å²) in [5, 5.41) is 3.19. The minimum Gasteiger partial charge on any atom is -0.459 e. The molecule has 0 aromatic heterocycles. The van der Waals surface area contributed by atoms with Crippen LogP contribution >= 0.6 is 0 Å². The first-order valence-corrected chi connectivity index (χ1v) is 5.92. The Hall–Kier alpha value is -0.610. The Kier molecular flexibility index (Phi) is 4.74. The molecule has 1 aliphatic heterocycles. The molecule has 2 atom stereocenters. The van der Waals surface area contributed by atoms with E-state index >= 15 is 0 Å². The van der Waals surface area contributed by atoms with Crippen LogP contribution in [0.4, 0.5) is 0 Å². The second kappa shape index (κ2) is 5.64. The Labute approximate surface area is 97.7 Å². The quantitative estimate of drug-likeness (QED) is 0.739. The third-order valence-corrected chi connectivity index (χ3v) is 2.50. The fourth-order valence-corrected chi connectivity index (χ4v) is 1.56. The van der Waals surface area contributed by atoms with E-state index in [0.29, 0.717) is 5.92 Å². The zero-order chi connectivity index (χ0) is 12.2. The minimum absolute atomic E-state index is 0.189. The van der Waals surface area contributed by atoms with Gasteiger partial charge in [-0.3, -0.25) is 4.79 Å². The lowest BCUT2D eigenvalue weighted by Gasteiger charge is -2.23. The number of carbonyl (C=O) groups excluding carboxylic acids is 1. The highest BCUT2D eigenvalue weighted by atomic mass is 16.6. The average molecular weight is 229 g/mol. The van der Waals surface area contributed by atoms with Crippen molar-refractivity contribution in [1.82, 2.24) is 5.32 Å². The first-order valence-electron chi connectivity index (χ1n) is 5.92. The van der Waals surface area contributed by atoms with Crippen LogP contribution in [0.2, 0.25) is 0 Å². The zero-order valence-electron chi connectivity index (χ0n) is 10.7. The summed E-state index contributed by atoms with van der Waals surface area (Å²) in [4.78, 5) is 11.6. The fourth-order valence-electron chi connectivity index (χ4n) is 1.56. The first-order chi connectivity index (χ1) is 7.38. The van der Waals surface area contributed by atoms with Crippen LogP contribution in [0.15, 0.2) is 0 Å².